The molecule has 0 fully saturated rings. The van der Waals surface area contributed by atoms with Gasteiger partial charge >= 0.3 is 0 Å². The first-order valence-corrected chi connectivity index (χ1v) is 6.67. The third-order valence-corrected chi connectivity index (χ3v) is 3.19. The Morgan fingerprint density at radius 1 is 1.05 bits per heavy atom. The van der Waals surface area contributed by atoms with E-state index in [0.717, 1.165) is 29.3 Å². The Morgan fingerprint density at radius 3 is 2.60 bits per heavy atom. The fourth-order valence-electron chi connectivity index (χ4n) is 2.06. The normalized spacial score (nSPS) is 10.8. The SMILES string of the molecule is CC[n+]1ccccc1/C=C/c1ccc(OC)cc1OC. The zero-order valence-electron chi connectivity index (χ0n) is 12.2. The van der Waals surface area contributed by atoms with Gasteiger partial charge in [-0.05, 0) is 31.2 Å². The van der Waals surface area contributed by atoms with Crippen LogP contribution in [0.3, 0.4) is 0 Å². The molecule has 0 bridgehead atoms. The Bertz CT molecular complexity index is 606. The van der Waals surface area contributed by atoms with E-state index in [0.29, 0.717) is 0 Å². The molecule has 0 saturated carbocycles. The van der Waals surface area contributed by atoms with Crippen molar-refractivity contribution in [3.63, 3.8) is 0 Å². The van der Waals surface area contributed by atoms with Gasteiger partial charge in [-0.2, -0.15) is 4.57 Å². The predicted octanol–water partition coefficient (Wildman–Crippen LogP) is 3.18. The average molecular weight is 270 g/mol. The van der Waals surface area contributed by atoms with Gasteiger partial charge < -0.3 is 9.47 Å². The third kappa shape index (κ3) is 3.18. The smallest absolute Gasteiger partial charge is 0.205 e. The Hall–Kier alpha value is -2.29. The Balaban J connectivity index is 2.31. The minimum atomic E-state index is 0.794. The molecule has 0 amide bonds. The van der Waals surface area contributed by atoms with E-state index in [9.17, 15) is 0 Å². The summed E-state index contributed by atoms with van der Waals surface area (Å²) in [6.07, 6.45) is 6.22. The maximum atomic E-state index is 5.39. The third-order valence-electron chi connectivity index (χ3n) is 3.19. The molecule has 1 heterocycles. The van der Waals surface area contributed by atoms with Crippen LogP contribution >= 0.6 is 0 Å². The van der Waals surface area contributed by atoms with Crippen LogP contribution in [-0.4, -0.2) is 14.2 Å². The molecule has 0 unspecified atom stereocenters. The van der Waals surface area contributed by atoms with Gasteiger partial charge in [0.05, 0.1) is 14.2 Å². The number of hydrogen-bond acceptors (Lipinski definition) is 2. The van der Waals surface area contributed by atoms with Crippen LogP contribution in [-0.2, 0) is 6.54 Å². The van der Waals surface area contributed by atoms with Gasteiger partial charge in [-0.15, -0.1) is 0 Å². The van der Waals surface area contributed by atoms with Crippen molar-refractivity contribution in [1.82, 2.24) is 0 Å². The van der Waals surface area contributed by atoms with Crippen molar-refractivity contribution in [2.45, 2.75) is 13.5 Å². The fourth-order valence-corrected chi connectivity index (χ4v) is 2.06. The van der Waals surface area contributed by atoms with Gasteiger partial charge in [-0.3, -0.25) is 0 Å². The number of nitrogens with zero attached hydrogens (tertiary/aromatic N) is 1. The van der Waals surface area contributed by atoms with Crippen molar-refractivity contribution in [3.8, 4) is 11.5 Å². The van der Waals surface area contributed by atoms with E-state index >= 15 is 0 Å². The molecule has 2 aromatic rings. The molecule has 3 nitrogen and oxygen atoms in total. The summed E-state index contributed by atoms with van der Waals surface area (Å²) in [5, 5.41) is 0. The van der Waals surface area contributed by atoms with E-state index in [-0.39, 0.29) is 0 Å². The lowest BCUT2D eigenvalue weighted by Gasteiger charge is -2.07. The van der Waals surface area contributed by atoms with Crippen LogP contribution in [0.4, 0.5) is 0 Å². The van der Waals surface area contributed by atoms with E-state index in [1.54, 1.807) is 14.2 Å². The first-order chi connectivity index (χ1) is 9.78. The van der Waals surface area contributed by atoms with E-state index in [1.165, 1.54) is 0 Å². The van der Waals surface area contributed by atoms with Gasteiger partial charge in [0.1, 0.15) is 18.0 Å². The summed E-state index contributed by atoms with van der Waals surface area (Å²) in [5.74, 6) is 1.60. The molecule has 0 spiro atoms. The number of hydrogen-bond donors (Lipinski definition) is 0. The van der Waals surface area contributed by atoms with E-state index in [1.807, 2.05) is 30.3 Å². The average Bonchev–Trinajstić information content (AvgIpc) is 2.52. The number of pyridine rings is 1. The van der Waals surface area contributed by atoms with Crippen LogP contribution < -0.4 is 14.0 Å². The van der Waals surface area contributed by atoms with Crippen LogP contribution in [0.25, 0.3) is 12.2 Å². The molecule has 0 atom stereocenters. The molecule has 104 valence electrons. The number of ether oxygens (including phenoxy) is 2. The topological polar surface area (TPSA) is 22.3 Å². The molecule has 1 aromatic carbocycles. The maximum absolute atomic E-state index is 5.39. The second kappa shape index (κ2) is 6.75. The number of aryl methyl sites for hydroxylation is 1. The van der Waals surface area contributed by atoms with Gasteiger partial charge in [-0.25, -0.2) is 0 Å². The van der Waals surface area contributed by atoms with Crippen LogP contribution in [0.1, 0.15) is 18.2 Å². The fraction of sp³-hybridized carbons (Fsp3) is 0.235. The summed E-state index contributed by atoms with van der Waals surface area (Å²) >= 11 is 0. The molecule has 0 aliphatic carbocycles. The lowest BCUT2D eigenvalue weighted by molar-refractivity contribution is -0.695. The molecule has 20 heavy (non-hydrogen) atoms. The second-order valence-electron chi connectivity index (χ2n) is 4.35. The molecule has 3 heteroatoms. The number of methoxy groups -OCH3 is 2. The van der Waals surface area contributed by atoms with Crippen molar-refractivity contribution in [2.24, 2.45) is 0 Å². The largest absolute Gasteiger partial charge is 0.497 e. The number of benzene rings is 1. The highest BCUT2D eigenvalue weighted by Gasteiger charge is 2.05. The van der Waals surface area contributed by atoms with Gasteiger partial charge in [0.15, 0.2) is 6.20 Å². The molecule has 0 aliphatic rings. The Morgan fingerprint density at radius 2 is 1.90 bits per heavy atom. The summed E-state index contributed by atoms with van der Waals surface area (Å²) in [5.41, 5.74) is 2.19. The van der Waals surface area contributed by atoms with Crippen LogP contribution in [0, 0.1) is 0 Å². The summed E-state index contributed by atoms with van der Waals surface area (Å²) in [4.78, 5) is 0. The zero-order valence-corrected chi connectivity index (χ0v) is 12.2. The lowest BCUT2D eigenvalue weighted by atomic mass is 10.1. The first-order valence-electron chi connectivity index (χ1n) is 6.67. The van der Waals surface area contributed by atoms with E-state index in [2.05, 4.69) is 35.9 Å². The van der Waals surface area contributed by atoms with Gasteiger partial charge in [0.25, 0.3) is 0 Å². The Labute approximate surface area is 120 Å². The van der Waals surface area contributed by atoms with Crippen LogP contribution in [0.2, 0.25) is 0 Å². The van der Waals surface area contributed by atoms with Crippen LogP contribution in [0.5, 0.6) is 11.5 Å². The predicted molar refractivity (Wildman–Crippen MR) is 80.8 cm³/mol. The van der Waals surface area contributed by atoms with Crippen molar-refractivity contribution in [1.29, 1.82) is 0 Å². The molecular weight excluding hydrogens is 250 g/mol. The number of aromatic nitrogens is 1. The highest BCUT2D eigenvalue weighted by Crippen LogP contribution is 2.25. The van der Waals surface area contributed by atoms with Crippen molar-refractivity contribution in [3.05, 3.63) is 53.9 Å². The summed E-state index contributed by atoms with van der Waals surface area (Å²) in [7, 11) is 3.32. The van der Waals surface area contributed by atoms with E-state index < -0.39 is 0 Å². The zero-order chi connectivity index (χ0) is 14.4. The summed E-state index contributed by atoms with van der Waals surface area (Å²) < 4.78 is 12.8. The molecule has 0 saturated heterocycles. The summed E-state index contributed by atoms with van der Waals surface area (Å²) in [6, 6.07) is 12.0. The monoisotopic (exact) mass is 270 g/mol. The molecule has 1 aromatic heterocycles. The molecule has 0 aliphatic heterocycles. The second-order valence-corrected chi connectivity index (χ2v) is 4.35. The quantitative estimate of drug-likeness (QED) is 0.779. The van der Waals surface area contributed by atoms with Gasteiger partial charge in [-0.1, -0.05) is 0 Å². The highest BCUT2D eigenvalue weighted by atomic mass is 16.5. The molecule has 2 rings (SSSR count). The first kappa shape index (κ1) is 14.1. The minimum Gasteiger partial charge on any atom is -0.497 e. The number of rotatable bonds is 5. The minimum absolute atomic E-state index is 0.794. The highest BCUT2D eigenvalue weighted by molar-refractivity contribution is 5.71. The van der Waals surface area contributed by atoms with Crippen molar-refractivity contribution < 1.29 is 14.0 Å². The van der Waals surface area contributed by atoms with Gasteiger partial charge in [0, 0.05) is 29.8 Å². The summed E-state index contributed by atoms with van der Waals surface area (Å²) in [6.45, 7) is 3.07. The lowest BCUT2D eigenvalue weighted by Crippen LogP contribution is -2.34. The molecule has 0 N–H and O–H groups in total. The molecular formula is C17H20NO2+. The van der Waals surface area contributed by atoms with Crippen LogP contribution in [0.15, 0.2) is 42.6 Å². The van der Waals surface area contributed by atoms with Gasteiger partial charge in [0.2, 0.25) is 5.69 Å². The maximum Gasteiger partial charge on any atom is 0.205 e. The standard InChI is InChI=1S/C17H20NO2/c1-4-18-12-6-5-7-15(18)10-8-14-9-11-16(19-2)13-17(14)20-3/h5-13H,4H2,1-3H3/q+1/b10-8+. The Kier molecular flexibility index (Phi) is 4.77. The van der Waals surface area contributed by atoms with Crippen molar-refractivity contribution >= 4 is 12.2 Å². The van der Waals surface area contributed by atoms with Crippen molar-refractivity contribution in [2.75, 3.05) is 14.2 Å². The molecule has 0 radical (unpaired) electrons. The van der Waals surface area contributed by atoms with E-state index in [4.69, 9.17) is 9.47 Å².